The Labute approximate surface area is 122 Å². The normalized spacial score (nSPS) is 27.2. The lowest BCUT2D eigenvalue weighted by molar-refractivity contribution is -0.123. The lowest BCUT2D eigenvalue weighted by Gasteiger charge is -2.42. The number of nitrogens with two attached hydrogens (primary N) is 1. The van der Waals surface area contributed by atoms with Crippen molar-refractivity contribution in [3.63, 3.8) is 0 Å². The number of amides is 1. The van der Waals surface area contributed by atoms with Crippen molar-refractivity contribution in [3.05, 3.63) is 0 Å². The van der Waals surface area contributed by atoms with Gasteiger partial charge in [0.2, 0.25) is 5.91 Å². The molecular formula is C14H28ClN3O. The minimum absolute atomic E-state index is 0. The molecule has 0 radical (unpaired) electrons. The van der Waals surface area contributed by atoms with Crippen LogP contribution in [0.4, 0.5) is 0 Å². The molecule has 2 aliphatic rings. The molecule has 5 heteroatoms. The number of likely N-dealkylation sites (tertiary alicyclic amines) is 1. The van der Waals surface area contributed by atoms with Gasteiger partial charge in [0.1, 0.15) is 0 Å². The lowest BCUT2D eigenvalue weighted by atomic mass is 9.80. The molecule has 4 nitrogen and oxygen atoms in total. The summed E-state index contributed by atoms with van der Waals surface area (Å²) >= 11 is 0. The molecule has 1 atom stereocenters. The van der Waals surface area contributed by atoms with Crippen molar-refractivity contribution in [1.82, 2.24) is 10.2 Å². The van der Waals surface area contributed by atoms with Gasteiger partial charge >= 0.3 is 0 Å². The molecule has 112 valence electrons. The maximum Gasteiger partial charge on any atom is 0.234 e. The molecule has 2 fully saturated rings. The molecular weight excluding hydrogens is 262 g/mol. The third kappa shape index (κ3) is 4.62. The van der Waals surface area contributed by atoms with Crippen molar-refractivity contribution in [1.29, 1.82) is 0 Å². The Morgan fingerprint density at radius 2 is 2.05 bits per heavy atom. The second-order valence-electron chi connectivity index (χ2n) is 6.70. The van der Waals surface area contributed by atoms with Crippen LogP contribution in [0.2, 0.25) is 0 Å². The highest BCUT2D eigenvalue weighted by atomic mass is 35.5. The molecule has 0 aromatic rings. The Kier molecular flexibility index (Phi) is 6.09. The summed E-state index contributed by atoms with van der Waals surface area (Å²) in [5.74, 6) is 0.911. The van der Waals surface area contributed by atoms with Crippen LogP contribution in [0.5, 0.6) is 0 Å². The number of piperidine rings is 1. The summed E-state index contributed by atoms with van der Waals surface area (Å²) in [6, 6.07) is 0.256. The van der Waals surface area contributed by atoms with Gasteiger partial charge in [-0.25, -0.2) is 0 Å². The van der Waals surface area contributed by atoms with Gasteiger partial charge in [-0.15, -0.1) is 12.4 Å². The number of hydrogen-bond acceptors (Lipinski definition) is 3. The number of carbonyl (C=O) groups is 1. The average Bonchev–Trinajstić information content (AvgIpc) is 2.21. The lowest BCUT2D eigenvalue weighted by Crippen LogP contribution is -2.54. The minimum atomic E-state index is 0. The minimum Gasteiger partial charge on any atom is -0.355 e. The molecule has 1 amide bonds. The van der Waals surface area contributed by atoms with Gasteiger partial charge < -0.3 is 11.1 Å². The van der Waals surface area contributed by atoms with Gasteiger partial charge in [-0.1, -0.05) is 20.3 Å². The maximum atomic E-state index is 11.9. The van der Waals surface area contributed by atoms with Crippen LogP contribution in [0.15, 0.2) is 0 Å². The smallest absolute Gasteiger partial charge is 0.234 e. The number of carbonyl (C=O) groups excluding carboxylic acids is 1. The zero-order chi connectivity index (χ0) is 13.2. The fraction of sp³-hybridized carbons (Fsp3) is 0.929. The van der Waals surface area contributed by atoms with Crippen molar-refractivity contribution < 1.29 is 4.79 Å². The van der Waals surface area contributed by atoms with E-state index in [-0.39, 0.29) is 29.8 Å². The fourth-order valence-corrected chi connectivity index (χ4v) is 2.83. The Balaban J connectivity index is 0.00000180. The molecule has 1 saturated carbocycles. The van der Waals surface area contributed by atoms with Crippen LogP contribution < -0.4 is 11.1 Å². The largest absolute Gasteiger partial charge is 0.355 e. The first kappa shape index (κ1) is 16.7. The van der Waals surface area contributed by atoms with E-state index in [0.29, 0.717) is 6.54 Å². The molecule has 0 aromatic carbocycles. The fourth-order valence-electron chi connectivity index (χ4n) is 2.83. The van der Waals surface area contributed by atoms with Crippen LogP contribution in [0.1, 0.15) is 39.5 Å². The molecule has 19 heavy (non-hydrogen) atoms. The first-order valence-electron chi connectivity index (χ1n) is 7.22. The molecule has 1 aliphatic heterocycles. The molecule has 1 aliphatic carbocycles. The van der Waals surface area contributed by atoms with E-state index in [4.69, 9.17) is 5.73 Å². The third-order valence-electron chi connectivity index (χ3n) is 4.57. The van der Waals surface area contributed by atoms with Gasteiger partial charge in [-0.2, -0.15) is 0 Å². The number of nitrogens with one attached hydrogen (secondary N) is 1. The van der Waals surface area contributed by atoms with Crippen molar-refractivity contribution in [2.24, 2.45) is 17.1 Å². The zero-order valence-electron chi connectivity index (χ0n) is 12.2. The molecule has 2 rings (SSSR count). The van der Waals surface area contributed by atoms with Gasteiger partial charge in [0.25, 0.3) is 0 Å². The van der Waals surface area contributed by atoms with Crippen LogP contribution in [-0.4, -0.2) is 43.0 Å². The average molecular weight is 290 g/mol. The van der Waals surface area contributed by atoms with Gasteiger partial charge in [0.15, 0.2) is 0 Å². The summed E-state index contributed by atoms with van der Waals surface area (Å²) in [5, 5.41) is 3.06. The number of halogens is 1. The molecule has 1 unspecified atom stereocenters. The van der Waals surface area contributed by atoms with Crippen LogP contribution in [0.3, 0.4) is 0 Å². The monoisotopic (exact) mass is 289 g/mol. The molecule has 1 saturated heterocycles. The maximum absolute atomic E-state index is 11.9. The van der Waals surface area contributed by atoms with E-state index >= 15 is 0 Å². The Morgan fingerprint density at radius 1 is 1.37 bits per heavy atom. The van der Waals surface area contributed by atoms with Crippen molar-refractivity contribution in [2.75, 3.05) is 26.2 Å². The molecule has 0 bridgehead atoms. The van der Waals surface area contributed by atoms with Gasteiger partial charge in [-0.3, -0.25) is 9.69 Å². The van der Waals surface area contributed by atoms with Gasteiger partial charge in [0, 0.05) is 25.7 Å². The van der Waals surface area contributed by atoms with E-state index in [0.717, 1.165) is 32.0 Å². The van der Waals surface area contributed by atoms with Crippen molar-refractivity contribution in [2.45, 2.75) is 45.6 Å². The number of rotatable bonds is 4. The summed E-state index contributed by atoms with van der Waals surface area (Å²) in [5.41, 5.74) is 6.22. The standard InChI is InChI=1S/C14H27N3O.ClH/c1-14(2)10-17(7-6-12(14)15)9-13(18)16-8-11-4-3-5-11;/h11-12H,3-10,15H2,1-2H3,(H,16,18);1H. The quantitative estimate of drug-likeness (QED) is 0.822. The second kappa shape index (κ2) is 6.91. The number of nitrogens with zero attached hydrogens (tertiary/aromatic N) is 1. The Morgan fingerprint density at radius 3 is 2.58 bits per heavy atom. The SMILES string of the molecule is CC1(C)CN(CC(=O)NCC2CCC2)CCC1N.Cl. The summed E-state index contributed by atoms with van der Waals surface area (Å²) < 4.78 is 0. The molecule has 0 aromatic heterocycles. The molecule has 1 heterocycles. The summed E-state index contributed by atoms with van der Waals surface area (Å²) in [4.78, 5) is 14.1. The first-order chi connectivity index (χ1) is 8.47. The van der Waals surface area contributed by atoms with E-state index in [2.05, 4.69) is 24.1 Å². The van der Waals surface area contributed by atoms with Crippen molar-refractivity contribution in [3.8, 4) is 0 Å². The van der Waals surface area contributed by atoms with E-state index in [1.807, 2.05) is 0 Å². The van der Waals surface area contributed by atoms with Gasteiger partial charge in [-0.05, 0) is 30.6 Å². The summed E-state index contributed by atoms with van der Waals surface area (Å²) in [6.07, 6.45) is 4.89. The van der Waals surface area contributed by atoms with Crippen LogP contribution >= 0.6 is 12.4 Å². The van der Waals surface area contributed by atoms with Crippen LogP contribution in [0, 0.1) is 11.3 Å². The summed E-state index contributed by atoms with van der Waals surface area (Å²) in [6.45, 7) is 7.65. The van der Waals surface area contributed by atoms with E-state index in [1.54, 1.807) is 0 Å². The number of hydrogen-bond donors (Lipinski definition) is 2. The molecule has 3 N–H and O–H groups in total. The first-order valence-corrected chi connectivity index (χ1v) is 7.22. The van der Waals surface area contributed by atoms with E-state index in [9.17, 15) is 4.79 Å². The highest BCUT2D eigenvalue weighted by Crippen LogP contribution is 2.27. The predicted octanol–water partition coefficient (Wildman–Crippen LogP) is 1.38. The zero-order valence-corrected chi connectivity index (χ0v) is 13.0. The Bertz CT molecular complexity index is 305. The van der Waals surface area contributed by atoms with Crippen LogP contribution in [0.25, 0.3) is 0 Å². The second-order valence-corrected chi connectivity index (χ2v) is 6.70. The van der Waals surface area contributed by atoms with Gasteiger partial charge in [0.05, 0.1) is 6.54 Å². The topological polar surface area (TPSA) is 58.4 Å². The predicted molar refractivity (Wildman–Crippen MR) is 80.4 cm³/mol. The Hall–Kier alpha value is -0.320. The summed E-state index contributed by atoms with van der Waals surface area (Å²) in [7, 11) is 0. The highest BCUT2D eigenvalue weighted by Gasteiger charge is 2.33. The van der Waals surface area contributed by atoms with Crippen LogP contribution in [-0.2, 0) is 4.79 Å². The third-order valence-corrected chi connectivity index (χ3v) is 4.57. The van der Waals surface area contributed by atoms with E-state index < -0.39 is 0 Å². The van der Waals surface area contributed by atoms with E-state index in [1.165, 1.54) is 19.3 Å². The molecule has 0 spiro atoms. The van der Waals surface area contributed by atoms with Crippen molar-refractivity contribution >= 4 is 18.3 Å². The highest BCUT2D eigenvalue weighted by molar-refractivity contribution is 5.85.